The molecule has 0 amide bonds. The van der Waals surface area contributed by atoms with Crippen molar-refractivity contribution in [3.63, 3.8) is 0 Å². The Morgan fingerprint density at radius 1 is 1.00 bits per heavy atom. The summed E-state index contributed by atoms with van der Waals surface area (Å²) < 4.78 is 15.0. The van der Waals surface area contributed by atoms with Crippen molar-refractivity contribution < 1.29 is 23.8 Å². The molecule has 17 heavy (non-hydrogen) atoms. The van der Waals surface area contributed by atoms with Crippen LogP contribution in [0.4, 0.5) is 0 Å². The maximum atomic E-state index is 10.9. The van der Waals surface area contributed by atoms with Gasteiger partial charge in [0.2, 0.25) is 0 Å². The molecule has 0 aromatic heterocycles. The fourth-order valence-electron chi connectivity index (χ4n) is 1.28. The van der Waals surface area contributed by atoms with E-state index in [-0.39, 0.29) is 0 Å². The number of methoxy groups -OCH3 is 1. The SMILES string of the molecule is COc1cc(OC(C)=O)c(C)c(OC(C)=O)c1. The Morgan fingerprint density at radius 3 is 1.71 bits per heavy atom. The normalized spacial score (nSPS) is 9.65. The van der Waals surface area contributed by atoms with Gasteiger partial charge in [0.15, 0.2) is 0 Å². The second-order valence-electron chi connectivity index (χ2n) is 3.44. The van der Waals surface area contributed by atoms with Crippen LogP contribution >= 0.6 is 0 Å². The van der Waals surface area contributed by atoms with Crippen molar-refractivity contribution >= 4 is 11.9 Å². The lowest BCUT2D eigenvalue weighted by atomic mass is 10.2. The number of carbonyl (C=O) groups excluding carboxylic acids is 2. The summed E-state index contributed by atoms with van der Waals surface area (Å²) in [6, 6.07) is 3.12. The smallest absolute Gasteiger partial charge is 0.308 e. The Kier molecular flexibility index (Phi) is 4.09. The number of carbonyl (C=O) groups is 2. The molecular weight excluding hydrogens is 224 g/mol. The maximum absolute atomic E-state index is 10.9. The first-order valence-electron chi connectivity index (χ1n) is 4.99. The van der Waals surface area contributed by atoms with Crippen LogP contribution < -0.4 is 14.2 Å². The predicted octanol–water partition coefficient (Wildman–Crippen LogP) is 1.85. The highest BCUT2D eigenvalue weighted by molar-refractivity contribution is 5.73. The Bertz CT molecular complexity index is 413. The third-order valence-corrected chi connectivity index (χ3v) is 2.03. The van der Waals surface area contributed by atoms with Gasteiger partial charge in [-0.25, -0.2) is 0 Å². The van der Waals surface area contributed by atoms with Gasteiger partial charge >= 0.3 is 11.9 Å². The highest BCUT2D eigenvalue weighted by atomic mass is 16.5. The highest BCUT2D eigenvalue weighted by Gasteiger charge is 2.13. The van der Waals surface area contributed by atoms with Gasteiger partial charge in [-0.1, -0.05) is 0 Å². The molecule has 0 bridgehead atoms. The molecule has 0 unspecified atom stereocenters. The molecule has 0 heterocycles. The van der Waals surface area contributed by atoms with Crippen molar-refractivity contribution in [3.05, 3.63) is 17.7 Å². The maximum Gasteiger partial charge on any atom is 0.308 e. The first-order chi connectivity index (χ1) is 7.93. The highest BCUT2D eigenvalue weighted by Crippen LogP contribution is 2.33. The molecule has 0 N–H and O–H groups in total. The summed E-state index contributed by atoms with van der Waals surface area (Å²) in [7, 11) is 1.47. The molecule has 92 valence electrons. The first kappa shape index (κ1) is 13.0. The van der Waals surface area contributed by atoms with E-state index in [1.54, 1.807) is 19.1 Å². The van der Waals surface area contributed by atoms with Crippen LogP contribution in [-0.4, -0.2) is 19.0 Å². The minimum absolute atomic E-state index is 0.313. The van der Waals surface area contributed by atoms with Gasteiger partial charge in [-0.05, 0) is 6.92 Å². The second kappa shape index (κ2) is 5.34. The second-order valence-corrected chi connectivity index (χ2v) is 3.44. The van der Waals surface area contributed by atoms with E-state index in [1.807, 2.05) is 0 Å². The van der Waals surface area contributed by atoms with Crippen molar-refractivity contribution in [2.24, 2.45) is 0 Å². The van der Waals surface area contributed by atoms with Gasteiger partial charge in [0, 0.05) is 31.5 Å². The molecule has 0 fully saturated rings. The van der Waals surface area contributed by atoms with E-state index in [2.05, 4.69) is 0 Å². The van der Waals surface area contributed by atoms with E-state index in [4.69, 9.17) is 14.2 Å². The molecule has 0 saturated carbocycles. The average Bonchev–Trinajstić information content (AvgIpc) is 2.22. The van der Waals surface area contributed by atoms with Crippen LogP contribution in [0.25, 0.3) is 0 Å². The largest absolute Gasteiger partial charge is 0.496 e. The van der Waals surface area contributed by atoms with Crippen molar-refractivity contribution in [1.82, 2.24) is 0 Å². The Labute approximate surface area is 99.3 Å². The van der Waals surface area contributed by atoms with Crippen molar-refractivity contribution in [2.75, 3.05) is 7.11 Å². The van der Waals surface area contributed by atoms with Crippen LogP contribution in [0.2, 0.25) is 0 Å². The fourth-order valence-corrected chi connectivity index (χ4v) is 1.28. The van der Waals surface area contributed by atoms with E-state index in [0.717, 1.165) is 0 Å². The zero-order valence-electron chi connectivity index (χ0n) is 10.2. The number of esters is 2. The monoisotopic (exact) mass is 238 g/mol. The molecule has 0 saturated heterocycles. The molecule has 0 radical (unpaired) electrons. The Balaban J connectivity index is 3.20. The molecule has 0 spiro atoms. The van der Waals surface area contributed by atoms with Gasteiger partial charge in [-0.15, -0.1) is 0 Å². The number of ether oxygens (including phenoxy) is 3. The van der Waals surface area contributed by atoms with Crippen molar-refractivity contribution in [3.8, 4) is 17.2 Å². The summed E-state index contributed by atoms with van der Waals surface area (Å²) in [5.74, 6) is 0.176. The summed E-state index contributed by atoms with van der Waals surface area (Å²) in [4.78, 5) is 21.9. The molecular formula is C12H14O5. The topological polar surface area (TPSA) is 61.8 Å². The zero-order valence-corrected chi connectivity index (χ0v) is 10.2. The lowest BCUT2D eigenvalue weighted by Crippen LogP contribution is -2.07. The zero-order chi connectivity index (χ0) is 13.0. The van der Waals surface area contributed by atoms with Gasteiger partial charge in [-0.2, -0.15) is 0 Å². The summed E-state index contributed by atoms with van der Waals surface area (Å²) in [6.45, 7) is 4.28. The Hall–Kier alpha value is -2.04. The van der Waals surface area contributed by atoms with E-state index >= 15 is 0 Å². The van der Waals surface area contributed by atoms with Crippen LogP contribution in [0.1, 0.15) is 19.4 Å². The van der Waals surface area contributed by atoms with E-state index in [0.29, 0.717) is 22.8 Å². The lowest BCUT2D eigenvalue weighted by molar-refractivity contribution is -0.132. The molecule has 0 atom stereocenters. The standard InChI is InChI=1S/C12H14O5/c1-7-11(16-8(2)13)5-10(15-4)6-12(7)17-9(3)14/h5-6H,1-4H3. The van der Waals surface area contributed by atoms with Crippen LogP contribution in [0.3, 0.4) is 0 Å². The van der Waals surface area contributed by atoms with Gasteiger partial charge in [-0.3, -0.25) is 9.59 Å². The summed E-state index contributed by atoms with van der Waals surface area (Å²) in [6.07, 6.45) is 0. The van der Waals surface area contributed by atoms with Gasteiger partial charge in [0.25, 0.3) is 0 Å². The molecule has 1 aromatic carbocycles. The van der Waals surface area contributed by atoms with Gasteiger partial charge in [0.1, 0.15) is 17.2 Å². The van der Waals surface area contributed by atoms with Crippen LogP contribution in [0, 0.1) is 6.92 Å². The van der Waals surface area contributed by atoms with Gasteiger partial charge < -0.3 is 14.2 Å². The summed E-state index contributed by atoms with van der Waals surface area (Å²) in [5.41, 5.74) is 0.566. The van der Waals surface area contributed by atoms with E-state index in [1.165, 1.54) is 21.0 Å². The number of rotatable bonds is 3. The fraction of sp³-hybridized carbons (Fsp3) is 0.333. The summed E-state index contributed by atoms with van der Waals surface area (Å²) in [5, 5.41) is 0. The van der Waals surface area contributed by atoms with Crippen LogP contribution in [-0.2, 0) is 9.59 Å². The molecule has 1 rings (SSSR count). The predicted molar refractivity (Wildman–Crippen MR) is 60.3 cm³/mol. The van der Waals surface area contributed by atoms with Gasteiger partial charge in [0.05, 0.1) is 7.11 Å². The van der Waals surface area contributed by atoms with E-state index in [9.17, 15) is 9.59 Å². The third kappa shape index (κ3) is 3.48. The lowest BCUT2D eigenvalue weighted by Gasteiger charge is -2.12. The molecule has 0 aliphatic rings. The number of hydrogen-bond donors (Lipinski definition) is 0. The molecule has 0 aliphatic carbocycles. The average molecular weight is 238 g/mol. The van der Waals surface area contributed by atoms with Crippen molar-refractivity contribution in [1.29, 1.82) is 0 Å². The third-order valence-electron chi connectivity index (χ3n) is 2.03. The Morgan fingerprint density at radius 2 is 1.41 bits per heavy atom. The molecule has 5 heteroatoms. The molecule has 0 aliphatic heterocycles. The van der Waals surface area contributed by atoms with Crippen LogP contribution in [0.15, 0.2) is 12.1 Å². The van der Waals surface area contributed by atoms with Crippen LogP contribution in [0.5, 0.6) is 17.2 Å². The molecule has 1 aromatic rings. The number of benzene rings is 1. The van der Waals surface area contributed by atoms with Crippen molar-refractivity contribution in [2.45, 2.75) is 20.8 Å². The minimum atomic E-state index is -0.449. The first-order valence-corrected chi connectivity index (χ1v) is 4.99. The number of hydrogen-bond acceptors (Lipinski definition) is 5. The minimum Gasteiger partial charge on any atom is -0.496 e. The summed E-state index contributed by atoms with van der Waals surface area (Å²) >= 11 is 0. The van der Waals surface area contributed by atoms with E-state index < -0.39 is 11.9 Å². The molecule has 5 nitrogen and oxygen atoms in total. The quantitative estimate of drug-likeness (QED) is 0.594.